The van der Waals surface area contributed by atoms with Gasteiger partial charge in [0.25, 0.3) is 0 Å². The Labute approximate surface area is 141 Å². The summed E-state index contributed by atoms with van der Waals surface area (Å²) >= 11 is 0. The molecule has 0 radical (unpaired) electrons. The molecule has 1 atom stereocenters. The largest absolute Gasteiger partial charge is 0.353 e. The van der Waals surface area contributed by atoms with Crippen molar-refractivity contribution in [2.24, 2.45) is 0 Å². The van der Waals surface area contributed by atoms with Crippen LogP contribution in [0.3, 0.4) is 0 Å². The third kappa shape index (κ3) is 3.46. The first-order valence-electron chi connectivity index (χ1n) is 7.63. The lowest BCUT2D eigenvalue weighted by Crippen LogP contribution is -2.44. The molecule has 1 aliphatic rings. The highest BCUT2D eigenvalue weighted by Gasteiger charge is 2.32. The number of nitrogens with one attached hydrogen (secondary N) is 1. The number of hydrogen-bond acceptors (Lipinski definition) is 6. The lowest BCUT2D eigenvalue weighted by molar-refractivity contribution is 0.533. The maximum atomic E-state index is 12.6. The Morgan fingerprint density at radius 1 is 1.21 bits per heavy atom. The van der Waals surface area contributed by atoms with Gasteiger partial charge in [0.15, 0.2) is 11.5 Å². The van der Waals surface area contributed by atoms with Crippen molar-refractivity contribution in [3.8, 4) is 6.07 Å². The van der Waals surface area contributed by atoms with Gasteiger partial charge in [0, 0.05) is 31.2 Å². The van der Waals surface area contributed by atoms with E-state index in [1.54, 1.807) is 24.3 Å². The molecular weight excluding hydrogens is 326 g/mol. The molecule has 1 N–H and O–H groups in total. The Hall–Kier alpha value is -2.66. The van der Waals surface area contributed by atoms with Crippen molar-refractivity contribution in [2.75, 3.05) is 22.7 Å². The lowest BCUT2D eigenvalue weighted by Gasteiger charge is -2.33. The van der Waals surface area contributed by atoms with Crippen LogP contribution in [0.1, 0.15) is 18.5 Å². The van der Waals surface area contributed by atoms with Crippen molar-refractivity contribution in [1.29, 1.82) is 5.26 Å². The third-order valence-electron chi connectivity index (χ3n) is 3.94. The van der Waals surface area contributed by atoms with Crippen molar-refractivity contribution >= 4 is 21.5 Å². The summed E-state index contributed by atoms with van der Waals surface area (Å²) in [5.74, 6) is 0.444. The maximum Gasteiger partial charge on any atom is 0.237 e. The summed E-state index contributed by atoms with van der Waals surface area (Å²) in [6, 6.07) is 10.8. The molecule has 7 nitrogen and oxygen atoms in total. The van der Waals surface area contributed by atoms with Crippen molar-refractivity contribution in [3.63, 3.8) is 0 Å². The second-order valence-electron chi connectivity index (χ2n) is 5.56. The Kier molecular flexibility index (Phi) is 4.62. The van der Waals surface area contributed by atoms with Crippen LogP contribution in [0.4, 0.5) is 11.5 Å². The molecule has 1 aromatic heterocycles. The van der Waals surface area contributed by atoms with Crippen LogP contribution in [0, 0.1) is 11.3 Å². The number of benzene rings is 1. The molecule has 1 aromatic carbocycles. The van der Waals surface area contributed by atoms with Gasteiger partial charge in [-0.1, -0.05) is 18.2 Å². The molecule has 1 fully saturated rings. The number of hydrogen-bond donors (Lipinski definition) is 1. The van der Waals surface area contributed by atoms with E-state index in [1.807, 2.05) is 17.0 Å². The number of anilines is 2. The Bertz CT molecular complexity index is 848. The number of nitriles is 1. The van der Waals surface area contributed by atoms with E-state index in [9.17, 15) is 8.42 Å². The van der Waals surface area contributed by atoms with Gasteiger partial charge in [-0.15, -0.1) is 0 Å². The highest BCUT2D eigenvalue weighted by molar-refractivity contribution is 7.93. The van der Waals surface area contributed by atoms with Crippen LogP contribution in [0.25, 0.3) is 0 Å². The van der Waals surface area contributed by atoms with E-state index in [0.717, 1.165) is 0 Å². The van der Waals surface area contributed by atoms with Gasteiger partial charge in [0.2, 0.25) is 10.0 Å². The van der Waals surface area contributed by atoms with Gasteiger partial charge >= 0.3 is 0 Å². The summed E-state index contributed by atoms with van der Waals surface area (Å²) in [5.41, 5.74) is 0.762. The number of aromatic nitrogens is 2. The van der Waals surface area contributed by atoms with Gasteiger partial charge in [-0.2, -0.15) is 5.26 Å². The van der Waals surface area contributed by atoms with Crippen LogP contribution in [-0.4, -0.2) is 36.7 Å². The number of sulfonamides is 1. The minimum Gasteiger partial charge on any atom is -0.353 e. The summed E-state index contributed by atoms with van der Waals surface area (Å²) in [6.45, 7) is 0.945. The first kappa shape index (κ1) is 16.2. The monoisotopic (exact) mass is 343 g/mol. The molecule has 0 saturated carbocycles. The molecule has 0 spiro atoms. The Morgan fingerprint density at radius 2 is 1.96 bits per heavy atom. The van der Waals surface area contributed by atoms with Crippen molar-refractivity contribution < 1.29 is 8.42 Å². The second kappa shape index (κ2) is 6.84. The summed E-state index contributed by atoms with van der Waals surface area (Å²) in [4.78, 5) is 10.0. The van der Waals surface area contributed by atoms with Crippen LogP contribution >= 0.6 is 0 Å². The zero-order valence-corrected chi connectivity index (χ0v) is 13.8. The van der Waals surface area contributed by atoms with Crippen molar-refractivity contribution in [2.45, 2.75) is 18.1 Å². The zero-order valence-electron chi connectivity index (χ0n) is 13.0. The summed E-state index contributed by atoms with van der Waals surface area (Å²) in [5, 5.41) is 8.59. The molecule has 2 aromatic rings. The highest BCUT2D eigenvalue weighted by atomic mass is 32.2. The SMILES string of the molecule is N#Cc1nccnc1N1CCCC(S(=O)(=O)Nc2ccccc2)C1. The van der Waals surface area contributed by atoms with Gasteiger partial charge in [-0.05, 0) is 25.0 Å². The molecule has 0 bridgehead atoms. The molecule has 1 unspecified atom stereocenters. The fraction of sp³-hybridized carbons (Fsp3) is 0.312. The first-order chi connectivity index (χ1) is 11.6. The quantitative estimate of drug-likeness (QED) is 0.908. The fourth-order valence-electron chi connectivity index (χ4n) is 2.78. The van der Waals surface area contributed by atoms with Crippen LogP contribution < -0.4 is 9.62 Å². The van der Waals surface area contributed by atoms with E-state index in [1.165, 1.54) is 12.4 Å². The van der Waals surface area contributed by atoms with E-state index in [0.29, 0.717) is 30.9 Å². The van der Waals surface area contributed by atoms with E-state index in [-0.39, 0.29) is 12.2 Å². The van der Waals surface area contributed by atoms with E-state index >= 15 is 0 Å². The van der Waals surface area contributed by atoms with Gasteiger partial charge in [-0.3, -0.25) is 4.72 Å². The minimum absolute atomic E-state index is 0.214. The Morgan fingerprint density at radius 3 is 2.71 bits per heavy atom. The van der Waals surface area contributed by atoms with Crippen molar-refractivity contribution in [3.05, 3.63) is 48.4 Å². The molecule has 24 heavy (non-hydrogen) atoms. The lowest BCUT2D eigenvalue weighted by atomic mass is 10.1. The smallest absolute Gasteiger partial charge is 0.237 e. The van der Waals surface area contributed by atoms with E-state index < -0.39 is 15.3 Å². The first-order valence-corrected chi connectivity index (χ1v) is 9.17. The summed E-state index contributed by atoms with van der Waals surface area (Å²) in [6.07, 6.45) is 4.25. The number of nitrogens with zero attached hydrogens (tertiary/aromatic N) is 4. The fourth-order valence-corrected chi connectivity index (χ4v) is 4.26. The normalized spacial score (nSPS) is 18.0. The summed E-state index contributed by atoms with van der Waals surface area (Å²) < 4.78 is 27.9. The standard InChI is InChI=1S/C16H17N5O2S/c17-11-15-16(19-9-8-18-15)21-10-4-7-14(12-21)24(22,23)20-13-5-2-1-3-6-13/h1-3,5-6,8-9,14,20H,4,7,10,12H2. The highest BCUT2D eigenvalue weighted by Crippen LogP contribution is 2.24. The van der Waals surface area contributed by atoms with Crippen LogP contribution in [0.2, 0.25) is 0 Å². The van der Waals surface area contributed by atoms with Crippen molar-refractivity contribution in [1.82, 2.24) is 9.97 Å². The average molecular weight is 343 g/mol. The predicted octanol–water partition coefficient (Wildman–Crippen LogP) is 1.76. The molecular formula is C16H17N5O2S. The summed E-state index contributed by atoms with van der Waals surface area (Å²) in [7, 11) is -3.52. The molecule has 1 aliphatic heterocycles. The minimum atomic E-state index is -3.52. The number of rotatable bonds is 4. The topological polar surface area (TPSA) is 99.0 Å². The van der Waals surface area contributed by atoms with E-state index in [2.05, 4.69) is 14.7 Å². The third-order valence-corrected chi connectivity index (χ3v) is 5.72. The maximum absolute atomic E-state index is 12.6. The second-order valence-corrected chi connectivity index (χ2v) is 7.52. The molecule has 2 heterocycles. The Balaban J connectivity index is 1.79. The van der Waals surface area contributed by atoms with Gasteiger partial charge in [0.1, 0.15) is 6.07 Å². The average Bonchev–Trinajstić information content (AvgIpc) is 2.62. The predicted molar refractivity (Wildman–Crippen MR) is 91.0 cm³/mol. The van der Waals surface area contributed by atoms with Gasteiger partial charge < -0.3 is 4.90 Å². The molecule has 3 rings (SSSR count). The van der Waals surface area contributed by atoms with Gasteiger partial charge in [0.05, 0.1) is 5.25 Å². The number of piperidine rings is 1. The van der Waals surface area contributed by atoms with Gasteiger partial charge in [-0.25, -0.2) is 18.4 Å². The molecule has 0 aliphatic carbocycles. The molecule has 124 valence electrons. The van der Waals surface area contributed by atoms with Crippen LogP contribution in [0.15, 0.2) is 42.7 Å². The van der Waals surface area contributed by atoms with Crippen LogP contribution in [0.5, 0.6) is 0 Å². The van der Waals surface area contributed by atoms with Crippen LogP contribution in [-0.2, 0) is 10.0 Å². The zero-order chi connectivity index (χ0) is 17.0. The molecule has 1 saturated heterocycles. The molecule has 0 amide bonds. The van der Waals surface area contributed by atoms with E-state index in [4.69, 9.17) is 5.26 Å². The molecule has 8 heteroatoms. The number of para-hydroxylation sites is 1.